The van der Waals surface area contributed by atoms with Gasteiger partial charge < -0.3 is 20.4 Å². The second kappa shape index (κ2) is 18.8. The van der Waals surface area contributed by atoms with E-state index in [1.54, 1.807) is 0 Å². The molecule has 5 nitrogen and oxygen atoms in total. The molecular weight excluding hydrogens is 695 g/mol. The maximum atomic E-state index is 5.03. The van der Waals surface area contributed by atoms with E-state index < -0.39 is 0 Å². The number of fused-ring (bicyclic) bond motifs is 2. The normalized spacial score (nSPS) is 16.9. The van der Waals surface area contributed by atoms with Gasteiger partial charge in [0.1, 0.15) is 0 Å². The van der Waals surface area contributed by atoms with Crippen LogP contribution in [0.4, 0.5) is 22.7 Å². The molecule has 5 heteroatoms. The first-order valence-electron chi connectivity index (χ1n) is 20.9. The van der Waals surface area contributed by atoms with Gasteiger partial charge in [0.2, 0.25) is 0 Å². The van der Waals surface area contributed by atoms with Crippen molar-refractivity contribution in [1.82, 2.24) is 5.32 Å². The maximum absolute atomic E-state index is 5.03. The van der Waals surface area contributed by atoms with Gasteiger partial charge in [0.25, 0.3) is 0 Å². The summed E-state index contributed by atoms with van der Waals surface area (Å²) in [5.41, 5.74) is 16.5. The topological polar surface area (TPSA) is 42.9 Å². The summed E-state index contributed by atoms with van der Waals surface area (Å²) in [7, 11) is 4.37. The molecule has 4 aromatic rings. The highest BCUT2D eigenvalue weighted by Gasteiger charge is 2.26. The summed E-state index contributed by atoms with van der Waals surface area (Å²) in [5, 5.41) is 7.36. The van der Waals surface area contributed by atoms with Crippen LogP contribution in [-0.2, 0) is 32.1 Å². The lowest BCUT2D eigenvalue weighted by atomic mass is 9.90. The van der Waals surface area contributed by atoms with E-state index >= 15 is 0 Å². The number of likely N-dealkylation sites (N-methyl/N-ethyl adjacent to an activating group) is 2. The molecule has 0 saturated carbocycles. The fourth-order valence-corrected chi connectivity index (χ4v) is 8.07. The fourth-order valence-electron chi connectivity index (χ4n) is 8.07. The van der Waals surface area contributed by atoms with Crippen molar-refractivity contribution in [1.29, 1.82) is 0 Å². The van der Waals surface area contributed by atoms with E-state index in [-0.39, 0.29) is 11.5 Å². The minimum Gasteiger partial charge on any atom is -0.383 e. The zero-order valence-electron chi connectivity index (χ0n) is 35.7. The number of benzene rings is 4. The van der Waals surface area contributed by atoms with Gasteiger partial charge in [-0.15, -0.1) is 0 Å². The SMILES string of the molecule is C=C/C(NCC1Cc2ccccc2N1C)=C(C)\C=C/CCc1cc(CCc2ccc(C)c(N=C[C@@H]3Cc4ccccc4N3C)c2)cc(NC(=C)CCC(C)(C)C)c1. The van der Waals surface area contributed by atoms with Crippen LogP contribution in [0.2, 0.25) is 0 Å². The largest absolute Gasteiger partial charge is 0.383 e. The number of nitrogens with zero attached hydrogens (tertiary/aromatic N) is 3. The van der Waals surface area contributed by atoms with Gasteiger partial charge in [-0.3, -0.25) is 4.99 Å². The van der Waals surface area contributed by atoms with Crippen molar-refractivity contribution in [3.05, 3.63) is 167 Å². The number of para-hydroxylation sites is 2. The van der Waals surface area contributed by atoms with Crippen molar-refractivity contribution in [3.8, 4) is 0 Å². The highest BCUT2D eigenvalue weighted by molar-refractivity contribution is 5.78. The van der Waals surface area contributed by atoms with Crippen LogP contribution in [0.15, 0.2) is 138 Å². The summed E-state index contributed by atoms with van der Waals surface area (Å²) >= 11 is 0. The summed E-state index contributed by atoms with van der Waals surface area (Å²) in [6, 6.07) is 31.9. The second-order valence-corrected chi connectivity index (χ2v) is 17.5. The number of hydrogen-bond donors (Lipinski definition) is 2. The lowest BCUT2D eigenvalue weighted by Gasteiger charge is -2.24. The molecule has 2 aliphatic rings. The summed E-state index contributed by atoms with van der Waals surface area (Å²) in [4.78, 5) is 9.77. The van der Waals surface area contributed by atoms with Crippen LogP contribution in [0.3, 0.4) is 0 Å². The van der Waals surface area contributed by atoms with Crippen LogP contribution < -0.4 is 20.4 Å². The van der Waals surface area contributed by atoms with Gasteiger partial charge in [0.15, 0.2) is 0 Å². The molecular formula is C52H65N5. The van der Waals surface area contributed by atoms with Crippen LogP contribution in [0.1, 0.15) is 80.3 Å². The number of aliphatic imine (C=N–C) groups is 1. The highest BCUT2D eigenvalue weighted by Crippen LogP contribution is 2.32. The third-order valence-corrected chi connectivity index (χ3v) is 11.7. The lowest BCUT2D eigenvalue weighted by molar-refractivity contribution is 0.378. The molecule has 0 spiro atoms. The number of aryl methyl sites for hydroxylation is 4. The Kier molecular flexibility index (Phi) is 13.6. The molecule has 0 bridgehead atoms. The number of allylic oxidation sites excluding steroid dienone is 5. The first kappa shape index (κ1) is 41.3. The van der Waals surface area contributed by atoms with Crippen LogP contribution in [-0.4, -0.2) is 38.9 Å². The molecule has 57 heavy (non-hydrogen) atoms. The van der Waals surface area contributed by atoms with Gasteiger partial charge in [-0.1, -0.05) is 101 Å². The van der Waals surface area contributed by atoms with Crippen LogP contribution >= 0.6 is 0 Å². The van der Waals surface area contributed by atoms with E-state index in [0.29, 0.717) is 6.04 Å². The zero-order valence-corrected chi connectivity index (χ0v) is 35.7. The Morgan fingerprint density at radius 1 is 0.842 bits per heavy atom. The Balaban J connectivity index is 1.10. The number of rotatable bonds is 17. The van der Waals surface area contributed by atoms with E-state index in [1.165, 1.54) is 50.3 Å². The second-order valence-electron chi connectivity index (χ2n) is 17.5. The van der Waals surface area contributed by atoms with Gasteiger partial charge in [-0.05, 0) is 146 Å². The van der Waals surface area contributed by atoms with E-state index in [4.69, 9.17) is 4.99 Å². The highest BCUT2D eigenvalue weighted by atomic mass is 15.2. The summed E-state index contributed by atoms with van der Waals surface area (Å²) in [5.74, 6) is 0. The van der Waals surface area contributed by atoms with Crippen molar-refractivity contribution in [2.45, 2.75) is 98.1 Å². The van der Waals surface area contributed by atoms with Crippen molar-refractivity contribution in [2.75, 3.05) is 35.8 Å². The molecule has 2 aliphatic heterocycles. The van der Waals surface area contributed by atoms with E-state index in [9.17, 15) is 0 Å². The van der Waals surface area contributed by atoms with Gasteiger partial charge in [-0.2, -0.15) is 0 Å². The monoisotopic (exact) mass is 760 g/mol. The van der Waals surface area contributed by atoms with E-state index in [2.05, 4.69) is 186 Å². The molecule has 0 fully saturated rings. The van der Waals surface area contributed by atoms with Gasteiger partial charge in [0, 0.05) is 55.3 Å². The quantitative estimate of drug-likeness (QED) is 0.0831. The fraction of sp³-hybridized carbons (Fsp3) is 0.365. The third kappa shape index (κ3) is 11.2. The molecule has 2 N–H and O–H groups in total. The van der Waals surface area contributed by atoms with Gasteiger partial charge >= 0.3 is 0 Å². The molecule has 4 aromatic carbocycles. The summed E-state index contributed by atoms with van der Waals surface area (Å²) in [6.45, 7) is 20.6. The minimum atomic E-state index is 0.269. The molecule has 298 valence electrons. The first-order valence-corrected chi connectivity index (χ1v) is 20.9. The molecule has 0 amide bonds. The molecule has 0 aromatic heterocycles. The Hall–Kier alpha value is -5.29. The standard InChI is InChI=1S/C52H65N5/c1-10-48(53-35-46-33-43-19-13-15-21-50(43)56(46)8)37(2)17-11-12-18-41-29-42(31-45(30-41)55-39(4)27-28-52(5,6)7)26-25-40-24-23-38(3)49(32-40)54-36-47-34-44-20-14-16-22-51(44)57(47)9/h10-11,13-17,19-24,29-32,36,46-47,53,55H,1,4,12,18,25-28,33-35H2,2-3,5-9H3/b17-11-,48-37+,54-36?/t46?,47-/m0/s1. The average molecular weight is 760 g/mol. The van der Waals surface area contributed by atoms with Crippen molar-refractivity contribution >= 4 is 29.0 Å². The molecule has 6 rings (SSSR count). The summed E-state index contributed by atoms with van der Waals surface area (Å²) in [6.07, 6.45) is 16.6. The smallest absolute Gasteiger partial charge is 0.0682 e. The van der Waals surface area contributed by atoms with E-state index in [0.717, 1.165) is 80.7 Å². The zero-order chi connectivity index (χ0) is 40.5. The Labute approximate surface area is 344 Å². The van der Waals surface area contributed by atoms with Gasteiger partial charge in [-0.25, -0.2) is 0 Å². The van der Waals surface area contributed by atoms with E-state index in [1.807, 2.05) is 6.08 Å². The van der Waals surface area contributed by atoms with Crippen LogP contribution in [0, 0.1) is 12.3 Å². The van der Waals surface area contributed by atoms with Crippen LogP contribution in [0.25, 0.3) is 0 Å². The summed E-state index contributed by atoms with van der Waals surface area (Å²) < 4.78 is 0. The molecule has 0 saturated heterocycles. The first-order chi connectivity index (χ1) is 27.4. The van der Waals surface area contributed by atoms with Gasteiger partial charge in [0.05, 0.1) is 17.8 Å². The minimum absolute atomic E-state index is 0.269. The Morgan fingerprint density at radius 2 is 1.51 bits per heavy atom. The lowest BCUT2D eigenvalue weighted by Crippen LogP contribution is -2.37. The maximum Gasteiger partial charge on any atom is 0.0682 e. The van der Waals surface area contributed by atoms with Crippen molar-refractivity contribution in [3.63, 3.8) is 0 Å². The molecule has 2 atom stereocenters. The Bertz CT molecular complexity index is 2130. The third-order valence-electron chi connectivity index (χ3n) is 11.7. The number of nitrogens with one attached hydrogen (secondary N) is 2. The Morgan fingerprint density at radius 3 is 2.19 bits per heavy atom. The molecule has 1 unspecified atom stereocenters. The number of anilines is 3. The predicted molar refractivity (Wildman–Crippen MR) is 248 cm³/mol. The number of hydrogen-bond acceptors (Lipinski definition) is 5. The van der Waals surface area contributed by atoms with Crippen molar-refractivity contribution < 1.29 is 0 Å². The molecule has 0 aliphatic carbocycles. The van der Waals surface area contributed by atoms with Crippen molar-refractivity contribution in [2.24, 2.45) is 10.4 Å². The van der Waals surface area contributed by atoms with Crippen LogP contribution in [0.5, 0.6) is 0 Å². The molecule has 0 radical (unpaired) electrons. The molecule has 2 heterocycles. The predicted octanol–water partition coefficient (Wildman–Crippen LogP) is 11.9. The average Bonchev–Trinajstić information content (AvgIpc) is 3.69.